The van der Waals surface area contributed by atoms with Gasteiger partial charge in [-0.15, -0.1) is 11.3 Å². The zero-order valence-electron chi connectivity index (χ0n) is 8.46. The Kier molecular flexibility index (Phi) is 2.86. The smallest absolute Gasteiger partial charge is 0.0931 e. The van der Waals surface area contributed by atoms with Crippen LogP contribution in [-0.4, -0.2) is 0 Å². The fourth-order valence-electron chi connectivity index (χ4n) is 3.34. The fraction of sp³-hybridized carbons (Fsp3) is 0.667. The molecule has 3 heteroatoms. The largest absolute Gasteiger partial charge is 0.127 e. The second-order valence-electron chi connectivity index (χ2n) is 4.88. The van der Waals surface area contributed by atoms with Crippen molar-refractivity contribution in [2.45, 2.75) is 30.5 Å². The fourth-order valence-corrected chi connectivity index (χ4v) is 5.54. The molecule has 82 valence electrons. The van der Waals surface area contributed by atoms with Crippen molar-refractivity contribution in [3.63, 3.8) is 0 Å². The second kappa shape index (κ2) is 4.05. The molecule has 1 aromatic rings. The van der Waals surface area contributed by atoms with Crippen LogP contribution in [0.15, 0.2) is 12.1 Å². The molecule has 0 N–H and O–H groups in total. The summed E-state index contributed by atoms with van der Waals surface area (Å²) in [4.78, 5) is 1.96. The van der Waals surface area contributed by atoms with Crippen molar-refractivity contribution in [2.75, 3.05) is 0 Å². The highest BCUT2D eigenvalue weighted by atomic mass is 79.9. The third-order valence-corrected chi connectivity index (χ3v) is 6.82. The molecular weight excluding hydrogens is 292 g/mol. The number of hydrogen-bond acceptors (Lipinski definition) is 1. The summed E-state index contributed by atoms with van der Waals surface area (Å²) in [6.07, 6.45) is 5.84. The third kappa shape index (κ3) is 1.89. The molecule has 1 aromatic heterocycles. The lowest BCUT2D eigenvalue weighted by atomic mass is 9.86. The van der Waals surface area contributed by atoms with Gasteiger partial charge < -0.3 is 0 Å². The van der Waals surface area contributed by atoms with Crippen LogP contribution in [0.2, 0.25) is 4.34 Å². The topological polar surface area (TPSA) is 0 Å². The lowest BCUT2D eigenvalue weighted by Crippen LogP contribution is -2.14. The maximum atomic E-state index is 5.99. The summed E-state index contributed by atoms with van der Waals surface area (Å²) in [5.41, 5.74) is 0. The van der Waals surface area contributed by atoms with Crippen molar-refractivity contribution in [3.8, 4) is 0 Å². The zero-order chi connectivity index (χ0) is 10.4. The van der Waals surface area contributed by atoms with E-state index >= 15 is 0 Å². The first-order valence-corrected chi connectivity index (χ1v) is 7.74. The summed E-state index contributed by atoms with van der Waals surface area (Å²) in [6, 6.07) is 4.20. The van der Waals surface area contributed by atoms with E-state index in [9.17, 15) is 0 Å². The van der Waals surface area contributed by atoms with Gasteiger partial charge in [0.25, 0.3) is 0 Å². The number of fused-ring (bicyclic) bond motifs is 2. The molecule has 2 saturated carbocycles. The van der Waals surface area contributed by atoms with Crippen molar-refractivity contribution in [1.82, 2.24) is 0 Å². The molecule has 3 rings (SSSR count). The average Bonchev–Trinajstić information content (AvgIpc) is 2.90. The van der Waals surface area contributed by atoms with Crippen LogP contribution in [0, 0.1) is 17.8 Å². The maximum absolute atomic E-state index is 5.99. The van der Waals surface area contributed by atoms with Crippen LogP contribution < -0.4 is 0 Å². The zero-order valence-corrected chi connectivity index (χ0v) is 11.6. The molecule has 2 aliphatic carbocycles. The van der Waals surface area contributed by atoms with Crippen LogP contribution in [-0.2, 0) is 0 Å². The normalized spacial score (nSPS) is 36.0. The highest BCUT2D eigenvalue weighted by Gasteiger charge is 2.42. The molecule has 4 unspecified atom stereocenters. The summed E-state index contributed by atoms with van der Waals surface area (Å²) in [5.74, 6) is 2.86. The Bertz CT molecular complexity index is 362. The molecule has 1 heterocycles. The molecule has 0 amide bonds. The molecule has 2 bridgehead atoms. The van der Waals surface area contributed by atoms with Crippen LogP contribution in [0.1, 0.15) is 35.4 Å². The lowest BCUT2D eigenvalue weighted by Gasteiger charge is -2.25. The monoisotopic (exact) mass is 304 g/mol. The Balaban J connectivity index is 1.77. The minimum absolute atomic E-state index is 0.547. The average molecular weight is 306 g/mol. The molecule has 2 fully saturated rings. The number of halogens is 2. The van der Waals surface area contributed by atoms with Crippen LogP contribution in [0.4, 0.5) is 0 Å². The predicted octanol–water partition coefficient (Wildman–Crippen LogP) is 5.27. The van der Waals surface area contributed by atoms with Gasteiger partial charge in [0, 0.05) is 4.88 Å². The summed E-state index contributed by atoms with van der Waals surface area (Å²) in [7, 11) is 0. The van der Waals surface area contributed by atoms with Gasteiger partial charge in [0.15, 0.2) is 0 Å². The van der Waals surface area contributed by atoms with Crippen LogP contribution in [0.5, 0.6) is 0 Å². The number of rotatable bonds is 2. The summed E-state index contributed by atoms with van der Waals surface area (Å²) >= 11 is 11.6. The van der Waals surface area contributed by atoms with Crippen LogP contribution >= 0.6 is 38.9 Å². The maximum Gasteiger partial charge on any atom is 0.0931 e. The van der Waals surface area contributed by atoms with Gasteiger partial charge in [0.1, 0.15) is 0 Å². The van der Waals surface area contributed by atoms with Gasteiger partial charge in [0.05, 0.1) is 9.16 Å². The molecule has 15 heavy (non-hydrogen) atoms. The first kappa shape index (κ1) is 10.6. The minimum atomic E-state index is 0.547. The van der Waals surface area contributed by atoms with Gasteiger partial charge in [0.2, 0.25) is 0 Å². The number of alkyl halides is 1. The summed E-state index contributed by atoms with van der Waals surface area (Å²) in [5, 5.41) is 0. The summed E-state index contributed by atoms with van der Waals surface area (Å²) < 4.78 is 0.914. The van der Waals surface area contributed by atoms with Gasteiger partial charge >= 0.3 is 0 Å². The van der Waals surface area contributed by atoms with Crippen molar-refractivity contribution < 1.29 is 0 Å². The molecular formula is C12H14BrClS. The van der Waals surface area contributed by atoms with E-state index in [4.69, 9.17) is 11.6 Å². The van der Waals surface area contributed by atoms with Crippen molar-refractivity contribution in [1.29, 1.82) is 0 Å². The Morgan fingerprint density at radius 1 is 1.33 bits per heavy atom. The van der Waals surface area contributed by atoms with Gasteiger partial charge in [-0.25, -0.2) is 0 Å². The molecule has 2 aliphatic rings. The Hall–Kier alpha value is 0.470. The first-order valence-electron chi connectivity index (χ1n) is 5.63. The highest BCUT2D eigenvalue weighted by Crippen LogP contribution is 2.55. The van der Waals surface area contributed by atoms with Crippen LogP contribution in [0.25, 0.3) is 0 Å². The van der Waals surface area contributed by atoms with E-state index in [0.29, 0.717) is 4.83 Å². The summed E-state index contributed by atoms with van der Waals surface area (Å²) in [6.45, 7) is 0. The standard InChI is InChI=1S/C12H14BrClS/c13-12(10-3-4-11(14)15-10)9-6-7-1-2-8(9)5-7/h3-4,7-9,12H,1-2,5-6H2. The van der Waals surface area contributed by atoms with E-state index < -0.39 is 0 Å². The van der Waals surface area contributed by atoms with E-state index in [1.165, 1.54) is 30.6 Å². The van der Waals surface area contributed by atoms with E-state index in [2.05, 4.69) is 22.0 Å². The molecule has 0 aromatic carbocycles. The van der Waals surface area contributed by atoms with Crippen molar-refractivity contribution in [2.24, 2.45) is 17.8 Å². The Morgan fingerprint density at radius 2 is 2.20 bits per heavy atom. The third-order valence-electron chi connectivity index (χ3n) is 4.03. The molecule has 0 aliphatic heterocycles. The van der Waals surface area contributed by atoms with E-state index in [-0.39, 0.29) is 0 Å². The second-order valence-corrected chi connectivity index (χ2v) is 7.62. The lowest BCUT2D eigenvalue weighted by molar-refractivity contribution is 0.331. The van der Waals surface area contributed by atoms with Crippen molar-refractivity contribution >= 4 is 38.9 Å². The van der Waals surface area contributed by atoms with Gasteiger partial charge in [-0.3, -0.25) is 0 Å². The van der Waals surface area contributed by atoms with E-state index in [1.54, 1.807) is 11.3 Å². The Labute approximate surface area is 108 Å². The number of hydrogen-bond donors (Lipinski definition) is 0. The Morgan fingerprint density at radius 3 is 2.73 bits per heavy atom. The highest BCUT2D eigenvalue weighted by molar-refractivity contribution is 9.09. The van der Waals surface area contributed by atoms with Gasteiger partial charge in [-0.05, 0) is 49.1 Å². The quantitative estimate of drug-likeness (QED) is 0.653. The number of thiophene rings is 1. The predicted molar refractivity (Wildman–Crippen MR) is 69.9 cm³/mol. The SMILES string of the molecule is Clc1ccc(C(Br)C2CC3CCC2C3)s1. The molecule has 0 saturated heterocycles. The van der Waals surface area contributed by atoms with E-state index in [1.807, 2.05) is 6.07 Å². The van der Waals surface area contributed by atoms with Crippen LogP contribution in [0.3, 0.4) is 0 Å². The molecule has 0 nitrogen and oxygen atoms in total. The van der Waals surface area contributed by atoms with E-state index in [0.717, 1.165) is 22.1 Å². The van der Waals surface area contributed by atoms with Gasteiger partial charge in [-0.1, -0.05) is 34.0 Å². The molecule has 0 spiro atoms. The minimum Gasteiger partial charge on any atom is -0.127 e. The molecule has 4 atom stereocenters. The first-order chi connectivity index (χ1) is 7.24. The van der Waals surface area contributed by atoms with Crippen molar-refractivity contribution in [3.05, 3.63) is 21.3 Å². The van der Waals surface area contributed by atoms with Gasteiger partial charge in [-0.2, -0.15) is 0 Å². The molecule has 0 radical (unpaired) electrons.